The minimum atomic E-state index is 0.577. The van der Waals surface area contributed by atoms with Crippen molar-refractivity contribution in [1.82, 2.24) is 0 Å². The number of ether oxygens (including phenoxy) is 3. The molecule has 0 atom stereocenters. The molecule has 0 saturated carbocycles. The second kappa shape index (κ2) is 4.67. The van der Waals surface area contributed by atoms with Gasteiger partial charge in [0.2, 0.25) is 0 Å². The van der Waals surface area contributed by atoms with E-state index >= 15 is 0 Å². The first-order valence-corrected chi connectivity index (χ1v) is 7.16. The van der Waals surface area contributed by atoms with Gasteiger partial charge in [-0.05, 0) is 50.1 Å². The van der Waals surface area contributed by atoms with E-state index in [4.69, 9.17) is 14.2 Å². The highest BCUT2D eigenvalue weighted by molar-refractivity contribution is 5.87. The molecule has 3 aliphatic heterocycles. The van der Waals surface area contributed by atoms with Crippen molar-refractivity contribution in [2.24, 2.45) is 0 Å². The SMILES string of the molecule is C=C1COCc2c1c1c(c3c2C(=C)COC3)C(=C)COC1. The Labute approximate surface area is 124 Å². The lowest BCUT2D eigenvalue weighted by molar-refractivity contribution is 0.129. The minimum Gasteiger partial charge on any atom is -0.372 e. The number of benzene rings is 1. The summed E-state index contributed by atoms with van der Waals surface area (Å²) in [4.78, 5) is 0. The Morgan fingerprint density at radius 3 is 1.05 bits per heavy atom. The van der Waals surface area contributed by atoms with Gasteiger partial charge < -0.3 is 14.2 Å². The monoisotopic (exact) mass is 282 g/mol. The highest BCUT2D eigenvalue weighted by Crippen LogP contribution is 2.44. The van der Waals surface area contributed by atoms with Crippen LogP contribution in [0.3, 0.4) is 0 Å². The van der Waals surface area contributed by atoms with Crippen molar-refractivity contribution < 1.29 is 14.2 Å². The molecule has 0 N–H and O–H groups in total. The Kier molecular flexibility index (Phi) is 2.89. The molecule has 0 unspecified atom stereocenters. The highest BCUT2D eigenvalue weighted by Gasteiger charge is 2.32. The molecule has 0 radical (unpaired) electrons. The van der Waals surface area contributed by atoms with Gasteiger partial charge in [0.25, 0.3) is 0 Å². The van der Waals surface area contributed by atoms with Crippen LogP contribution in [0.2, 0.25) is 0 Å². The lowest BCUT2D eigenvalue weighted by Crippen LogP contribution is -2.24. The van der Waals surface area contributed by atoms with Gasteiger partial charge in [0, 0.05) is 0 Å². The van der Waals surface area contributed by atoms with Crippen LogP contribution in [0.4, 0.5) is 0 Å². The Hall–Kier alpha value is -1.68. The van der Waals surface area contributed by atoms with Gasteiger partial charge in [0.05, 0.1) is 39.6 Å². The maximum atomic E-state index is 5.70. The average molecular weight is 282 g/mol. The fraction of sp³-hybridized carbons (Fsp3) is 0.333. The standard InChI is InChI=1S/C18H18O3/c1-10-4-19-7-13-16(10)14-8-20-5-11(2)18(14)15-9-21-6-12(3)17(13)15/h1-9H2. The number of fused-ring (bicyclic) bond motifs is 6. The molecule has 3 heteroatoms. The lowest BCUT2D eigenvalue weighted by Gasteiger charge is -2.35. The van der Waals surface area contributed by atoms with Crippen LogP contribution in [0, 0.1) is 0 Å². The van der Waals surface area contributed by atoms with Gasteiger partial charge in [-0.3, -0.25) is 0 Å². The first kappa shape index (κ1) is 13.0. The maximum absolute atomic E-state index is 5.70. The quantitative estimate of drug-likeness (QED) is 0.730. The summed E-state index contributed by atoms with van der Waals surface area (Å²) in [6.07, 6.45) is 0. The fourth-order valence-corrected chi connectivity index (χ4v) is 3.68. The molecule has 108 valence electrons. The number of rotatable bonds is 0. The largest absolute Gasteiger partial charge is 0.372 e. The molecular weight excluding hydrogens is 264 g/mol. The van der Waals surface area contributed by atoms with Crippen LogP contribution in [-0.4, -0.2) is 19.8 Å². The van der Waals surface area contributed by atoms with Crippen LogP contribution >= 0.6 is 0 Å². The number of hydrogen-bond acceptors (Lipinski definition) is 3. The Morgan fingerprint density at radius 2 is 0.762 bits per heavy atom. The zero-order valence-corrected chi connectivity index (χ0v) is 12.1. The smallest absolute Gasteiger partial charge is 0.0733 e. The van der Waals surface area contributed by atoms with E-state index in [1.165, 1.54) is 33.4 Å². The van der Waals surface area contributed by atoms with Crippen molar-refractivity contribution in [3.63, 3.8) is 0 Å². The molecule has 0 saturated heterocycles. The highest BCUT2D eigenvalue weighted by atomic mass is 16.5. The van der Waals surface area contributed by atoms with Gasteiger partial charge in [-0.2, -0.15) is 0 Å². The van der Waals surface area contributed by atoms with Crippen LogP contribution in [0.15, 0.2) is 19.7 Å². The molecule has 4 rings (SSSR count). The predicted molar refractivity (Wildman–Crippen MR) is 82.5 cm³/mol. The third kappa shape index (κ3) is 1.78. The summed E-state index contributed by atoms with van der Waals surface area (Å²) in [5.41, 5.74) is 10.3. The van der Waals surface area contributed by atoms with Crippen LogP contribution in [0.25, 0.3) is 16.7 Å². The maximum Gasteiger partial charge on any atom is 0.0733 e. The van der Waals surface area contributed by atoms with Gasteiger partial charge in [-0.15, -0.1) is 0 Å². The van der Waals surface area contributed by atoms with Crippen molar-refractivity contribution in [3.05, 3.63) is 53.1 Å². The van der Waals surface area contributed by atoms with E-state index in [9.17, 15) is 0 Å². The van der Waals surface area contributed by atoms with E-state index in [1.807, 2.05) is 0 Å². The molecule has 1 aromatic rings. The molecule has 0 bridgehead atoms. The first-order chi connectivity index (χ1) is 10.2. The lowest BCUT2D eigenvalue weighted by atomic mass is 9.78. The van der Waals surface area contributed by atoms with Crippen molar-refractivity contribution in [2.75, 3.05) is 19.8 Å². The summed E-state index contributed by atoms with van der Waals surface area (Å²) in [6, 6.07) is 0. The van der Waals surface area contributed by atoms with Gasteiger partial charge in [-0.25, -0.2) is 0 Å². The third-order valence-electron chi connectivity index (χ3n) is 4.44. The molecule has 3 heterocycles. The van der Waals surface area contributed by atoms with E-state index in [1.54, 1.807) is 0 Å². The summed E-state index contributed by atoms with van der Waals surface area (Å²) in [7, 11) is 0. The zero-order chi connectivity index (χ0) is 14.6. The Morgan fingerprint density at radius 1 is 0.476 bits per heavy atom. The molecule has 3 nitrogen and oxygen atoms in total. The molecular formula is C18H18O3. The summed E-state index contributed by atoms with van der Waals surface area (Å²) in [6.45, 7) is 16.1. The molecule has 21 heavy (non-hydrogen) atoms. The van der Waals surface area contributed by atoms with Crippen molar-refractivity contribution in [1.29, 1.82) is 0 Å². The Bertz CT molecular complexity index is 581. The van der Waals surface area contributed by atoms with Gasteiger partial charge in [-0.1, -0.05) is 19.7 Å². The van der Waals surface area contributed by atoms with E-state index < -0.39 is 0 Å². The van der Waals surface area contributed by atoms with Crippen LogP contribution in [0.5, 0.6) is 0 Å². The molecule has 0 spiro atoms. The predicted octanol–water partition coefficient (Wildman–Crippen LogP) is 3.32. The van der Waals surface area contributed by atoms with Gasteiger partial charge >= 0.3 is 0 Å². The van der Waals surface area contributed by atoms with Gasteiger partial charge in [0.15, 0.2) is 0 Å². The van der Waals surface area contributed by atoms with Crippen LogP contribution in [0.1, 0.15) is 33.4 Å². The summed E-state index contributed by atoms with van der Waals surface area (Å²) in [5, 5.41) is 0. The zero-order valence-electron chi connectivity index (χ0n) is 12.1. The van der Waals surface area contributed by atoms with E-state index in [2.05, 4.69) is 19.7 Å². The van der Waals surface area contributed by atoms with Gasteiger partial charge in [0.1, 0.15) is 0 Å². The van der Waals surface area contributed by atoms with Crippen LogP contribution in [-0.2, 0) is 34.0 Å². The van der Waals surface area contributed by atoms with Crippen molar-refractivity contribution in [3.8, 4) is 0 Å². The molecule has 0 aliphatic carbocycles. The Balaban J connectivity index is 2.12. The summed E-state index contributed by atoms with van der Waals surface area (Å²) in [5.74, 6) is 0. The molecule has 3 aliphatic rings. The normalized spacial score (nSPS) is 20.9. The van der Waals surface area contributed by atoms with E-state index in [-0.39, 0.29) is 0 Å². The van der Waals surface area contributed by atoms with E-state index in [0.717, 1.165) is 16.7 Å². The van der Waals surface area contributed by atoms with E-state index in [0.29, 0.717) is 39.6 Å². The third-order valence-corrected chi connectivity index (χ3v) is 4.44. The molecule has 0 aromatic heterocycles. The summed E-state index contributed by atoms with van der Waals surface area (Å²) >= 11 is 0. The minimum absolute atomic E-state index is 0.577. The molecule has 0 fully saturated rings. The molecule has 1 aromatic carbocycles. The fourth-order valence-electron chi connectivity index (χ4n) is 3.68. The molecule has 0 amide bonds. The van der Waals surface area contributed by atoms with Crippen molar-refractivity contribution >= 4 is 16.7 Å². The topological polar surface area (TPSA) is 27.7 Å². The second-order valence-electron chi connectivity index (χ2n) is 5.85. The average Bonchev–Trinajstić information content (AvgIpc) is 2.47. The summed E-state index contributed by atoms with van der Waals surface area (Å²) < 4.78 is 17.1. The second-order valence-corrected chi connectivity index (χ2v) is 5.85. The number of hydrogen-bond donors (Lipinski definition) is 0. The first-order valence-electron chi connectivity index (χ1n) is 7.16. The van der Waals surface area contributed by atoms with Crippen molar-refractivity contribution in [2.45, 2.75) is 19.8 Å². The van der Waals surface area contributed by atoms with Crippen LogP contribution < -0.4 is 0 Å².